The largest absolute Gasteiger partial charge is 0.368 e. The maximum absolute atomic E-state index is 11.5. The second-order valence-corrected chi connectivity index (χ2v) is 7.43. The number of hydrogen-bond acceptors (Lipinski definition) is 3. The predicted molar refractivity (Wildman–Crippen MR) is 109 cm³/mol. The van der Waals surface area contributed by atoms with E-state index in [-0.39, 0.29) is 12.5 Å². The number of pyridine rings is 1. The third kappa shape index (κ3) is 4.19. The van der Waals surface area contributed by atoms with Crippen molar-refractivity contribution >= 4 is 16.8 Å². The molecule has 2 heterocycles. The van der Waals surface area contributed by atoms with Gasteiger partial charge in [-0.15, -0.1) is 0 Å². The van der Waals surface area contributed by atoms with Gasteiger partial charge in [-0.05, 0) is 57.1 Å². The molecule has 3 rings (SSSR count). The number of aryl methyl sites for hydroxylation is 1. The van der Waals surface area contributed by atoms with E-state index in [1.807, 2.05) is 29.0 Å². The Kier molecular flexibility index (Phi) is 5.61. The summed E-state index contributed by atoms with van der Waals surface area (Å²) in [6.07, 6.45) is 2.77. The summed E-state index contributed by atoms with van der Waals surface area (Å²) in [5, 5.41) is 1.18. The van der Waals surface area contributed by atoms with E-state index in [1.165, 1.54) is 16.5 Å². The van der Waals surface area contributed by atoms with Gasteiger partial charge in [-0.2, -0.15) is 0 Å². The molecule has 0 fully saturated rings. The van der Waals surface area contributed by atoms with Crippen LogP contribution >= 0.6 is 0 Å². The lowest BCUT2D eigenvalue weighted by atomic mass is 10.1. The number of hydrogen-bond donors (Lipinski definition) is 1. The number of para-hydroxylation sites is 1. The molecule has 0 aliphatic heterocycles. The predicted octanol–water partition coefficient (Wildman–Crippen LogP) is 3.20. The molecule has 5 heteroatoms. The Hall–Kier alpha value is -2.66. The lowest BCUT2D eigenvalue weighted by molar-refractivity contribution is -0.118. The van der Waals surface area contributed by atoms with Gasteiger partial charge in [0.15, 0.2) is 0 Å². The van der Waals surface area contributed by atoms with Crippen molar-refractivity contribution in [3.63, 3.8) is 0 Å². The molecule has 2 N–H and O–H groups in total. The third-order valence-corrected chi connectivity index (χ3v) is 5.31. The zero-order valence-corrected chi connectivity index (χ0v) is 16.6. The molecule has 0 spiro atoms. The molecule has 5 nitrogen and oxygen atoms in total. The lowest BCUT2D eigenvalue weighted by Gasteiger charge is -2.25. The van der Waals surface area contributed by atoms with E-state index >= 15 is 0 Å². The van der Waals surface area contributed by atoms with Crippen molar-refractivity contribution in [2.75, 3.05) is 7.05 Å². The van der Waals surface area contributed by atoms with E-state index in [0.717, 1.165) is 29.9 Å². The van der Waals surface area contributed by atoms with Crippen LogP contribution in [-0.2, 0) is 24.3 Å². The van der Waals surface area contributed by atoms with Crippen LogP contribution in [-0.4, -0.2) is 33.4 Å². The normalized spacial score (nSPS) is 12.6. The van der Waals surface area contributed by atoms with Gasteiger partial charge in [-0.1, -0.05) is 18.2 Å². The van der Waals surface area contributed by atoms with Crippen LogP contribution < -0.4 is 5.73 Å². The first-order valence-corrected chi connectivity index (χ1v) is 9.33. The van der Waals surface area contributed by atoms with Crippen LogP contribution in [0.1, 0.15) is 29.4 Å². The number of carbonyl (C=O) groups excluding carboxylic acids is 1. The average Bonchev–Trinajstić information content (AvgIpc) is 2.87. The summed E-state index contributed by atoms with van der Waals surface area (Å²) in [6.45, 7) is 7.40. The number of likely N-dealkylation sites (N-methyl/N-ethyl adjacent to an activating group) is 1. The summed E-state index contributed by atoms with van der Waals surface area (Å²) in [6, 6.07) is 12.7. The van der Waals surface area contributed by atoms with Crippen LogP contribution in [0.25, 0.3) is 10.9 Å². The second kappa shape index (κ2) is 7.92. The first kappa shape index (κ1) is 19.1. The Morgan fingerprint density at radius 3 is 2.70 bits per heavy atom. The lowest BCUT2D eigenvalue weighted by Crippen LogP contribution is -2.31. The summed E-state index contributed by atoms with van der Waals surface area (Å²) in [5.41, 5.74) is 11.2. The Bertz CT molecular complexity index is 960. The van der Waals surface area contributed by atoms with Gasteiger partial charge in [-0.25, -0.2) is 0 Å². The molecule has 3 aromatic rings. The Morgan fingerprint density at radius 2 is 2.00 bits per heavy atom. The molecule has 0 bridgehead atoms. The van der Waals surface area contributed by atoms with Crippen LogP contribution in [0.15, 0.2) is 42.6 Å². The third-order valence-electron chi connectivity index (χ3n) is 5.31. The van der Waals surface area contributed by atoms with Crippen molar-refractivity contribution in [3.8, 4) is 0 Å². The summed E-state index contributed by atoms with van der Waals surface area (Å²) >= 11 is 0. The standard InChI is InChI=1S/C22H28N4O/c1-15-9-10-24-18(11-15)12-16(2)25(4)13-20-17(3)26(14-22(23)27)21-8-6-5-7-19(20)21/h5-11,16H,12-14H2,1-4H3,(H2,23,27)/t16-/m0/s1. The minimum Gasteiger partial charge on any atom is -0.368 e. The molecule has 27 heavy (non-hydrogen) atoms. The topological polar surface area (TPSA) is 64.2 Å². The minimum absolute atomic E-state index is 0.207. The Morgan fingerprint density at radius 1 is 1.26 bits per heavy atom. The van der Waals surface area contributed by atoms with E-state index in [9.17, 15) is 4.79 Å². The Labute approximate surface area is 160 Å². The summed E-state index contributed by atoms with van der Waals surface area (Å²) < 4.78 is 2.02. The number of rotatable bonds is 7. The first-order valence-electron chi connectivity index (χ1n) is 9.33. The smallest absolute Gasteiger partial charge is 0.237 e. The quantitative estimate of drug-likeness (QED) is 0.700. The van der Waals surface area contributed by atoms with Crippen molar-refractivity contribution in [2.45, 2.75) is 46.3 Å². The van der Waals surface area contributed by atoms with Crippen LogP contribution in [0.3, 0.4) is 0 Å². The summed E-state index contributed by atoms with van der Waals surface area (Å²) in [4.78, 5) is 18.4. The van der Waals surface area contributed by atoms with E-state index in [4.69, 9.17) is 5.73 Å². The van der Waals surface area contributed by atoms with Gasteiger partial charge >= 0.3 is 0 Å². The zero-order chi connectivity index (χ0) is 19.6. The van der Waals surface area contributed by atoms with Crippen molar-refractivity contribution in [3.05, 3.63) is 65.1 Å². The van der Waals surface area contributed by atoms with E-state index < -0.39 is 0 Å². The van der Waals surface area contributed by atoms with E-state index in [2.05, 4.69) is 55.9 Å². The second-order valence-electron chi connectivity index (χ2n) is 7.43. The van der Waals surface area contributed by atoms with Gasteiger partial charge in [0.2, 0.25) is 5.91 Å². The van der Waals surface area contributed by atoms with Gasteiger partial charge in [0.05, 0.1) is 0 Å². The molecule has 142 valence electrons. The first-order chi connectivity index (χ1) is 12.9. The van der Waals surface area contributed by atoms with Crippen molar-refractivity contribution < 1.29 is 4.79 Å². The van der Waals surface area contributed by atoms with Gasteiger partial charge in [-0.3, -0.25) is 14.7 Å². The molecule has 1 atom stereocenters. The zero-order valence-electron chi connectivity index (χ0n) is 16.6. The maximum atomic E-state index is 11.5. The number of fused-ring (bicyclic) bond motifs is 1. The highest BCUT2D eigenvalue weighted by Crippen LogP contribution is 2.27. The fourth-order valence-corrected chi connectivity index (χ4v) is 3.64. The van der Waals surface area contributed by atoms with Crippen molar-refractivity contribution in [1.82, 2.24) is 14.5 Å². The maximum Gasteiger partial charge on any atom is 0.237 e. The van der Waals surface area contributed by atoms with Crippen LogP contribution in [0.4, 0.5) is 0 Å². The monoisotopic (exact) mass is 364 g/mol. The number of nitrogens with zero attached hydrogens (tertiary/aromatic N) is 3. The number of aromatic nitrogens is 2. The number of carbonyl (C=O) groups is 1. The number of primary amides is 1. The molecule has 1 amide bonds. The van der Waals surface area contributed by atoms with Crippen LogP contribution in [0, 0.1) is 13.8 Å². The number of benzene rings is 1. The molecule has 0 saturated carbocycles. The molecule has 0 unspecified atom stereocenters. The SMILES string of the molecule is Cc1ccnc(C[C@H](C)N(C)Cc2c(C)n(CC(N)=O)c3ccccc23)c1. The van der Waals surface area contributed by atoms with Crippen LogP contribution in [0.5, 0.6) is 0 Å². The van der Waals surface area contributed by atoms with Crippen molar-refractivity contribution in [2.24, 2.45) is 5.73 Å². The highest BCUT2D eigenvalue weighted by atomic mass is 16.1. The number of amides is 1. The highest BCUT2D eigenvalue weighted by molar-refractivity contribution is 5.87. The molecule has 0 radical (unpaired) electrons. The molecule has 1 aromatic carbocycles. The van der Waals surface area contributed by atoms with Crippen molar-refractivity contribution in [1.29, 1.82) is 0 Å². The van der Waals surface area contributed by atoms with Gasteiger partial charge in [0, 0.05) is 47.5 Å². The van der Waals surface area contributed by atoms with E-state index in [1.54, 1.807) is 0 Å². The average molecular weight is 364 g/mol. The molecular weight excluding hydrogens is 336 g/mol. The molecule has 0 aliphatic carbocycles. The summed E-state index contributed by atoms with van der Waals surface area (Å²) in [7, 11) is 2.14. The van der Waals surface area contributed by atoms with Crippen LogP contribution in [0.2, 0.25) is 0 Å². The van der Waals surface area contributed by atoms with Gasteiger partial charge in [0.1, 0.15) is 6.54 Å². The Balaban J connectivity index is 1.85. The molecule has 2 aromatic heterocycles. The molecule has 0 aliphatic rings. The molecule has 0 saturated heterocycles. The highest BCUT2D eigenvalue weighted by Gasteiger charge is 2.18. The fourth-order valence-electron chi connectivity index (χ4n) is 3.64. The number of nitrogens with two attached hydrogens (primary N) is 1. The van der Waals surface area contributed by atoms with E-state index in [0.29, 0.717) is 6.04 Å². The van der Waals surface area contributed by atoms with Gasteiger partial charge in [0.25, 0.3) is 0 Å². The minimum atomic E-state index is -0.322. The summed E-state index contributed by atoms with van der Waals surface area (Å²) in [5.74, 6) is -0.322. The van der Waals surface area contributed by atoms with Gasteiger partial charge < -0.3 is 10.3 Å². The fraction of sp³-hybridized carbons (Fsp3) is 0.364. The molecular formula is C22H28N4O.